The van der Waals surface area contributed by atoms with E-state index in [4.69, 9.17) is 16.3 Å². The Hall–Kier alpha value is -1.82. The van der Waals surface area contributed by atoms with Gasteiger partial charge < -0.3 is 10.1 Å². The molecule has 0 aliphatic heterocycles. The number of hydrogen-bond donors (Lipinski definition) is 1. The Balaban J connectivity index is 2.61. The van der Waals surface area contributed by atoms with Crippen LogP contribution in [0, 0.1) is 6.92 Å². The van der Waals surface area contributed by atoms with Gasteiger partial charge in [-0.2, -0.15) is 5.10 Å². The Kier molecular flexibility index (Phi) is 6.42. The third-order valence-electron chi connectivity index (χ3n) is 2.79. The van der Waals surface area contributed by atoms with E-state index in [1.165, 1.54) is 23.8 Å². The van der Waals surface area contributed by atoms with Crippen molar-refractivity contribution in [3.05, 3.63) is 22.5 Å². The highest BCUT2D eigenvalue weighted by Gasteiger charge is 2.16. The lowest BCUT2D eigenvalue weighted by molar-refractivity contribution is -0.150. The van der Waals surface area contributed by atoms with Crippen LogP contribution >= 0.6 is 11.6 Å². The molecule has 0 fully saturated rings. The summed E-state index contributed by atoms with van der Waals surface area (Å²) in [7, 11) is 1.71. The van der Waals surface area contributed by atoms with Crippen LogP contribution < -0.4 is 5.32 Å². The van der Waals surface area contributed by atoms with Crippen molar-refractivity contribution in [1.29, 1.82) is 0 Å². The molecule has 0 aliphatic rings. The minimum atomic E-state index is -0.834. The number of carbonyl (C=O) groups is 2. The zero-order valence-electron chi connectivity index (χ0n) is 12.6. The first-order valence-electron chi connectivity index (χ1n) is 6.72. The summed E-state index contributed by atoms with van der Waals surface area (Å²) < 4.78 is 6.53. The summed E-state index contributed by atoms with van der Waals surface area (Å²) in [5.41, 5.74) is 1.36. The molecule has 1 aromatic rings. The summed E-state index contributed by atoms with van der Waals surface area (Å²) in [6.45, 7) is 5.82. The highest BCUT2D eigenvalue weighted by atomic mass is 35.5. The van der Waals surface area contributed by atoms with E-state index in [2.05, 4.69) is 10.4 Å². The molecule has 1 heterocycles. The second kappa shape index (κ2) is 7.83. The summed E-state index contributed by atoms with van der Waals surface area (Å²) in [5, 5.41) is 7.22. The summed E-state index contributed by atoms with van der Waals surface area (Å²) in [6, 6.07) is 0. The zero-order chi connectivity index (χ0) is 16.0. The van der Waals surface area contributed by atoms with Crippen LogP contribution in [0.1, 0.15) is 31.5 Å². The van der Waals surface area contributed by atoms with Crippen LogP contribution in [0.15, 0.2) is 6.08 Å². The van der Waals surface area contributed by atoms with Gasteiger partial charge in [-0.05, 0) is 26.3 Å². The van der Waals surface area contributed by atoms with Crippen molar-refractivity contribution >= 4 is 29.6 Å². The standard InChI is InChI=1S/C14H20ClN3O3/c1-5-8-16-14(20)10(3)21-12(19)7-6-11-9(2)17-18(4)13(11)15/h6-7,10H,5,8H2,1-4H3,(H,16,20)/b7-6+. The van der Waals surface area contributed by atoms with Gasteiger partial charge in [-0.3, -0.25) is 9.48 Å². The number of nitrogens with one attached hydrogen (secondary N) is 1. The Bertz CT molecular complexity index is 552. The quantitative estimate of drug-likeness (QED) is 0.642. The lowest BCUT2D eigenvalue weighted by Gasteiger charge is -2.11. The fraction of sp³-hybridized carbons (Fsp3) is 0.500. The largest absolute Gasteiger partial charge is 0.449 e. The number of amides is 1. The van der Waals surface area contributed by atoms with E-state index >= 15 is 0 Å². The van der Waals surface area contributed by atoms with Gasteiger partial charge in [-0.15, -0.1) is 0 Å². The molecule has 0 bridgehead atoms. The summed E-state index contributed by atoms with van der Waals surface area (Å²) in [5.74, 6) is -0.914. The van der Waals surface area contributed by atoms with Crippen molar-refractivity contribution in [3.63, 3.8) is 0 Å². The molecule has 0 aromatic carbocycles. The van der Waals surface area contributed by atoms with Gasteiger partial charge in [-0.1, -0.05) is 18.5 Å². The Morgan fingerprint density at radius 2 is 2.19 bits per heavy atom. The molecule has 1 unspecified atom stereocenters. The molecule has 1 aromatic heterocycles. The Morgan fingerprint density at radius 1 is 1.52 bits per heavy atom. The molecule has 0 saturated carbocycles. The van der Waals surface area contributed by atoms with Crippen LogP contribution in [0.2, 0.25) is 5.15 Å². The van der Waals surface area contributed by atoms with Crippen molar-refractivity contribution in [2.75, 3.05) is 6.54 Å². The van der Waals surface area contributed by atoms with E-state index in [1.54, 1.807) is 14.0 Å². The number of rotatable bonds is 6. The highest BCUT2D eigenvalue weighted by Crippen LogP contribution is 2.19. The Labute approximate surface area is 129 Å². The maximum atomic E-state index is 11.7. The second-order valence-electron chi connectivity index (χ2n) is 4.62. The van der Waals surface area contributed by atoms with Gasteiger partial charge in [0.25, 0.3) is 5.91 Å². The molecule has 0 spiro atoms. The van der Waals surface area contributed by atoms with E-state index in [1.807, 2.05) is 6.92 Å². The average molecular weight is 314 g/mol. The van der Waals surface area contributed by atoms with Crippen LogP contribution in [-0.2, 0) is 21.4 Å². The predicted molar refractivity (Wildman–Crippen MR) is 80.8 cm³/mol. The molecular weight excluding hydrogens is 294 g/mol. The van der Waals surface area contributed by atoms with Crippen LogP contribution in [0.3, 0.4) is 0 Å². The number of ether oxygens (including phenoxy) is 1. The lowest BCUT2D eigenvalue weighted by Crippen LogP contribution is -2.35. The molecule has 7 heteroatoms. The predicted octanol–water partition coefficient (Wildman–Crippen LogP) is 1.85. The van der Waals surface area contributed by atoms with E-state index in [-0.39, 0.29) is 5.91 Å². The van der Waals surface area contributed by atoms with E-state index < -0.39 is 12.1 Å². The van der Waals surface area contributed by atoms with Gasteiger partial charge in [0, 0.05) is 25.2 Å². The lowest BCUT2D eigenvalue weighted by atomic mass is 10.2. The van der Waals surface area contributed by atoms with Gasteiger partial charge in [0.2, 0.25) is 0 Å². The van der Waals surface area contributed by atoms with Crippen molar-refractivity contribution < 1.29 is 14.3 Å². The maximum absolute atomic E-state index is 11.7. The minimum Gasteiger partial charge on any atom is -0.449 e. The SMILES string of the molecule is CCCNC(=O)C(C)OC(=O)/C=C/c1c(C)nn(C)c1Cl. The molecule has 6 nitrogen and oxygen atoms in total. The van der Waals surface area contributed by atoms with E-state index in [0.29, 0.717) is 23.0 Å². The number of nitrogens with zero attached hydrogens (tertiary/aromatic N) is 2. The van der Waals surface area contributed by atoms with E-state index in [0.717, 1.165) is 6.42 Å². The number of aryl methyl sites for hydroxylation is 2. The first kappa shape index (κ1) is 17.2. The molecule has 0 radical (unpaired) electrons. The van der Waals surface area contributed by atoms with Crippen molar-refractivity contribution in [1.82, 2.24) is 15.1 Å². The van der Waals surface area contributed by atoms with Gasteiger partial charge in [0.05, 0.1) is 5.69 Å². The fourth-order valence-electron chi connectivity index (χ4n) is 1.65. The molecule has 1 N–H and O–H groups in total. The third kappa shape index (κ3) is 4.90. The normalized spacial score (nSPS) is 12.4. The van der Waals surface area contributed by atoms with Crippen molar-refractivity contribution in [3.8, 4) is 0 Å². The molecule has 1 amide bonds. The monoisotopic (exact) mass is 313 g/mol. The van der Waals surface area contributed by atoms with Crippen LogP contribution in [0.25, 0.3) is 6.08 Å². The van der Waals surface area contributed by atoms with E-state index in [9.17, 15) is 9.59 Å². The van der Waals surface area contributed by atoms with Crippen LogP contribution in [0.4, 0.5) is 0 Å². The number of carbonyl (C=O) groups excluding carboxylic acids is 2. The Morgan fingerprint density at radius 3 is 2.71 bits per heavy atom. The van der Waals surface area contributed by atoms with Crippen molar-refractivity contribution in [2.45, 2.75) is 33.3 Å². The topological polar surface area (TPSA) is 73.2 Å². The van der Waals surface area contributed by atoms with Gasteiger partial charge in [0.1, 0.15) is 5.15 Å². The summed E-state index contributed by atoms with van der Waals surface area (Å²) in [4.78, 5) is 23.3. The summed E-state index contributed by atoms with van der Waals surface area (Å²) >= 11 is 6.04. The average Bonchev–Trinajstić information content (AvgIpc) is 2.67. The maximum Gasteiger partial charge on any atom is 0.331 e. The molecular formula is C14H20ClN3O3. The molecule has 116 valence electrons. The molecule has 1 atom stereocenters. The number of halogens is 1. The van der Waals surface area contributed by atoms with Crippen molar-refractivity contribution in [2.24, 2.45) is 7.05 Å². The first-order chi connectivity index (χ1) is 9.86. The van der Waals surface area contributed by atoms with Gasteiger partial charge in [-0.25, -0.2) is 4.79 Å². The number of esters is 1. The van der Waals surface area contributed by atoms with Crippen LogP contribution in [0.5, 0.6) is 0 Å². The highest BCUT2D eigenvalue weighted by molar-refractivity contribution is 6.31. The van der Waals surface area contributed by atoms with Gasteiger partial charge in [0.15, 0.2) is 6.10 Å². The zero-order valence-corrected chi connectivity index (χ0v) is 13.4. The first-order valence-corrected chi connectivity index (χ1v) is 7.10. The minimum absolute atomic E-state index is 0.311. The third-order valence-corrected chi connectivity index (χ3v) is 3.24. The van der Waals surface area contributed by atoms with Crippen LogP contribution in [-0.4, -0.2) is 34.3 Å². The molecule has 21 heavy (non-hydrogen) atoms. The number of aromatic nitrogens is 2. The number of hydrogen-bond acceptors (Lipinski definition) is 4. The molecule has 0 aliphatic carbocycles. The fourth-order valence-corrected chi connectivity index (χ4v) is 1.88. The molecule has 1 rings (SSSR count). The van der Waals surface area contributed by atoms with Gasteiger partial charge >= 0.3 is 5.97 Å². The smallest absolute Gasteiger partial charge is 0.331 e. The second-order valence-corrected chi connectivity index (χ2v) is 4.97. The molecule has 0 saturated heterocycles. The summed E-state index contributed by atoms with van der Waals surface area (Å²) in [6.07, 6.45) is 2.76.